The molecular weight excluding hydrogens is 294 g/mol. The number of rotatable bonds is 5. The molecule has 0 aliphatic rings. The Bertz CT molecular complexity index is 425. The quantitative estimate of drug-likeness (QED) is 0.906. The molecule has 0 radical (unpaired) electrons. The Kier molecular flexibility index (Phi) is 5.05. The summed E-state index contributed by atoms with van der Waals surface area (Å²) in [6.07, 6.45) is 1.67. The van der Waals surface area contributed by atoms with Crippen molar-refractivity contribution < 1.29 is 9.47 Å². The third-order valence-corrected chi connectivity index (χ3v) is 3.53. The monoisotopic (exact) mass is 315 g/mol. The molecule has 0 saturated heterocycles. The van der Waals surface area contributed by atoms with E-state index in [2.05, 4.69) is 22.9 Å². The van der Waals surface area contributed by atoms with Crippen molar-refractivity contribution in [2.24, 2.45) is 5.73 Å². The van der Waals surface area contributed by atoms with Crippen molar-refractivity contribution in [3.8, 4) is 11.5 Å². The van der Waals surface area contributed by atoms with Gasteiger partial charge in [-0.05, 0) is 38.3 Å². The lowest BCUT2D eigenvalue weighted by Gasteiger charge is -2.24. The first kappa shape index (κ1) is 15.3. The minimum atomic E-state index is -0.258. The van der Waals surface area contributed by atoms with Crippen molar-refractivity contribution in [1.29, 1.82) is 0 Å². The Balaban J connectivity index is 3.41. The van der Waals surface area contributed by atoms with Crippen LogP contribution in [0.3, 0.4) is 0 Å². The average molecular weight is 316 g/mol. The van der Waals surface area contributed by atoms with Crippen molar-refractivity contribution in [2.75, 3.05) is 14.2 Å². The fraction of sp³-hybridized carbons (Fsp3) is 0.571. The number of benzene rings is 1. The average Bonchev–Trinajstić information content (AvgIpc) is 2.29. The predicted octanol–water partition coefficient (Wildman–Crippen LogP) is 3.31. The highest BCUT2D eigenvalue weighted by Gasteiger charge is 2.21. The molecule has 0 heterocycles. The van der Waals surface area contributed by atoms with E-state index < -0.39 is 0 Å². The smallest absolute Gasteiger partial charge is 0.164 e. The molecule has 2 N–H and O–H groups in total. The zero-order chi connectivity index (χ0) is 13.9. The van der Waals surface area contributed by atoms with Crippen LogP contribution in [0.1, 0.15) is 31.9 Å². The summed E-state index contributed by atoms with van der Waals surface area (Å²) in [7, 11) is 3.32. The molecule has 102 valence electrons. The molecule has 0 saturated carbocycles. The summed E-state index contributed by atoms with van der Waals surface area (Å²) in [6, 6.07) is 1.94. The minimum absolute atomic E-state index is 0.258. The largest absolute Gasteiger partial charge is 0.493 e. The molecule has 3 nitrogen and oxygen atoms in total. The van der Waals surface area contributed by atoms with E-state index in [4.69, 9.17) is 15.2 Å². The van der Waals surface area contributed by atoms with Crippen LogP contribution < -0.4 is 15.2 Å². The van der Waals surface area contributed by atoms with E-state index in [0.29, 0.717) is 0 Å². The molecule has 0 aliphatic carbocycles. The molecule has 0 atom stereocenters. The summed E-state index contributed by atoms with van der Waals surface area (Å²) in [6.45, 7) is 6.15. The van der Waals surface area contributed by atoms with Crippen LogP contribution in [0.5, 0.6) is 11.5 Å². The summed E-state index contributed by atoms with van der Waals surface area (Å²) in [5, 5.41) is 0. The second kappa shape index (κ2) is 5.93. The van der Waals surface area contributed by atoms with Gasteiger partial charge in [-0.3, -0.25) is 0 Å². The fourth-order valence-corrected chi connectivity index (χ4v) is 2.68. The van der Waals surface area contributed by atoms with Gasteiger partial charge in [0.15, 0.2) is 11.5 Å². The van der Waals surface area contributed by atoms with Crippen LogP contribution in [0.15, 0.2) is 10.5 Å². The highest BCUT2D eigenvalue weighted by Crippen LogP contribution is 2.39. The van der Waals surface area contributed by atoms with E-state index in [1.165, 1.54) is 5.56 Å². The highest BCUT2D eigenvalue weighted by atomic mass is 79.9. The Morgan fingerprint density at radius 2 is 1.83 bits per heavy atom. The molecule has 0 aliphatic heterocycles. The van der Waals surface area contributed by atoms with Gasteiger partial charge in [0.05, 0.1) is 14.2 Å². The van der Waals surface area contributed by atoms with Crippen LogP contribution in [0.2, 0.25) is 0 Å². The first-order chi connectivity index (χ1) is 8.34. The summed E-state index contributed by atoms with van der Waals surface area (Å²) in [5.74, 6) is 1.56. The molecule has 18 heavy (non-hydrogen) atoms. The van der Waals surface area contributed by atoms with Crippen molar-refractivity contribution in [3.63, 3.8) is 0 Å². The van der Waals surface area contributed by atoms with Crippen molar-refractivity contribution in [2.45, 2.75) is 39.2 Å². The summed E-state index contributed by atoms with van der Waals surface area (Å²) in [4.78, 5) is 0. The van der Waals surface area contributed by atoms with Gasteiger partial charge in [0, 0.05) is 15.6 Å². The van der Waals surface area contributed by atoms with Crippen LogP contribution >= 0.6 is 15.9 Å². The summed E-state index contributed by atoms with van der Waals surface area (Å²) in [5.41, 5.74) is 8.22. The number of ether oxygens (including phenoxy) is 2. The first-order valence-corrected chi connectivity index (χ1v) is 6.84. The molecule has 0 unspecified atom stereocenters. The molecule has 0 fully saturated rings. The van der Waals surface area contributed by atoms with Crippen LogP contribution in [-0.4, -0.2) is 19.8 Å². The van der Waals surface area contributed by atoms with Gasteiger partial charge < -0.3 is 15.2 Å². The Hall–Kier alpha value is -0.740. The van der Waals surface area contributed by atoms with Gasteiger partial charge in [0.25, 0.3) is 0 Å². The van der Waals surface area contributed by atoms with E-state index in [0.717, 1.165) is 34.4 Å². The van der Waals surface area contributed by atoms with E-state index in [1.807, 2.05) is 19.9 Å². The molecule has 0 spiro atoms. The Labute approximate surface area is 118 Å². The van der Waals surface area contributed by atoms with Crippen LogP contribution in [-0.2, 0) is 12.8 Å². The van der Waals surface area contributed by atoms with Gasteiger partial charge in [0.1, 0.15) is 0 Å². The van der Waals surface area contributed by atoms with Crippen LogP contribution in [0.4, 0.5) is 0 Å². The molecule has 0 amide bonds. The summed E-state index contributed by atoms with van der Waals surface area (Å²) >= 11 is 3.60. The van der Waals surface area contributed by atoms with E-state index in [-0.39, 0.29) is 5.54 Å². The van der Waals surface area contributed by atoms with Gasteiger partial charge in [-0.2, -0.15) is 0 Å². The van der Waals surface area contributed by atoms with E-state index in [1.54, 1.807) is 14.2 Å². The lowest BCUT2D eigenvalue weighted by Crippen LogP contribution is -2.35. The third kappa shape index (κ3) is 3.39. The van der Waals surface area contributed by atoms with E-state index >= 15 is 0 Å². The maximum atomic E-state index is 6.13. The van der Waals surface area contributed by atoms with Crippen LogP contribution in [0, 0.1) is 0 Å². The molecule has 0 aromatic heterocycles. The van der Waals surface area contributed by atoms with Gasteiger partial charge in [-0.15, -0.1) is 0 Å². The zero-order valence-corrected chi connectivity index (χ0v) is 13.3. The Morgan fingerprint density at radius 1 is 1.22 bits per heavy atom. The lowest BCUT2D eigenvalue weighted by atomic mass is 9.91. The number of nitrogens with two attached hydrogens (primary N) is 1. The molecule has 1 rings (SSSR count). The van der Waals surface area contributed by atoms with Gasteiger partial charge in [-0.1, -0.05) is 22.9 Å². The maximum Gasteiger partial charge on any atom is 0.164 e. The predicted molar refractivity (Wildman–Crippen MR) is 78.6 cm³/mol. The first-order valence-electron chi connectivity index (χ1n) is 6.05. The molecule has 4 heteroatoms. The van der Waals surface area contributed by atoms with Crippen molar-refractivity contribution >= 4 is 15.9 Å². The maximum absolute atomic E-state index is 6.13. The number of methoxy groups -OCH3 is 2. The number of hydrogen-bond donors (Lipinski definition) is 1. The molecule has 1 aromatic rings. The van der Waals surface area contributed by atoms with Gasteiger partial charge in [0.2, 0.25) is 0 Å². The van der Waals surface area contributed by atoms with E-state index in [9.17, 15) is 0 Å². The molecule has 0 bridgehead atoms. The Morgan fingerprint density at radius 3 is 2.22 bits per heavy atom. The van der Waals surface area contributed by atoms with Gasteiger partial charge in [-0.25, -0.2) is 0 Å². The van der Waals surface area contributed by atoms with Crippen molar-refractivity contribution in [1.82, 2.24) is 0 Å². The normalized spacial score (nSPS) is 11.5. The van der Waals surface area contributed by atoms with Crippen LogP contribution in [0.25, 0.3) is 0 Å². The molecular formula is C14H22BrNO2. The standard InChI is InChI=1S/C14H22BrNO2/c1-6-9-10(8-14(2,3)16)11(15)7-12(17-4)13(9)18-5/h7H,6,8,16H2,1-5H3. The second-order valence-corrected chi connectivity index (χ2v) is 5.92. The topological polar surface area (TPSA) is 44.5 Å². The third-order valence-electron chi connectivity index (χ3n) is 2.82. The fourth-order valence-electron chi connectivity index (χ4n) is 2.09. The molecule has 1 aromatic carbocycles. The van der Waals surface area contributed by atoms with Crippen molar-refractivity contribution in [3.05, 3.63) is 21.7 Å². The lowest BCUT2D eigenvalue weighted by molar-refractivity contribution is 0.350. The van der Waals surface area contributed by atoms with Gasteiger partial charge >= 0.3 is 0 Å². The summed E-state index contributed by atoms with van der Waals surface area (Å²) < 4.78 is 11.9. The zero-order valence-electron chi connectivity index (χ0n) is 11.8. The SMILES string of the molecule is CCc1c(CC(C)(C)N)c(Br)cc(OC)c1OC. The number of halogens is 1. The highest BCUT2D eigenvalue weighted by molar-refractivity contribution is 9.10. The minimum Gasteiger partial charge on any atom is -0.493 e. The second-order valence-electron chi connectivity index (χ2n) is 5.07. The number of hydrogen-bond acceptors (Lipinski definition) is 3.